The number of alkyl halides is 3. The number of quaternary nitrogens is 1. The van der Waals surface area contributed by atoms with E-state index in [0.717, 1.165) is 12.1 Å². The van der Waals surface area contributed by atoms with E-state index in [9.17, 15) is 22.8 Å². The second-order valence-corrected chi connectivity index (χ2v) is 5.27. The zero-order valence-electron chi connectivity index (χ0n) is 11.3. The molecular formula is C13H14ClF3N3O2+. The molecule has 1 saturated heterocycles. The number of rotatable bonds is 3. The van der Waals surface area contributed by atoms with Gasteiger partial charge in [-0.1, -0.05) is 11.6 Å². The van der Waals surface area contributed by atoms with Crippen LogP contribution in [0.4, 0.5) is 18.9 Å². The Morgan fingerprint density at radius 1 is 1.45 bits per heavy atom. The minimum atomic E-state index is -4.60. The highest BCUT2D eigenvalue weighted by atomic mass is 35.5. The van der Waals surface area contributed by atoms with E-state index in [-0.39, 0.29) is 18.0 Å². The molecule has 0 unspecified atom stereocenters. The standard InChI is InChI=1S/C13H13ClF3N3O2/c14-9-2-1-7(5-8(9)13(15,16)17)20-11(21)6-10-12(22)19-4-3-18-10/h1-2,5,10,18H,3-4,6H2,(H,19,22)(H,20,21)/p+1/t10-/m1/s1. The van der Waals surface area contributed by atoms with E-state index in [2.05, 4.69) is 10.6 Å². The second-order valence-electron chi connectivity index (χ2n) is 4.87. The zero-order valence-corrected chi connectivity index (χ0v) is 12.1. The van der Waals surface area contributed by atoms with Crippen molar-refractivity contribution >= 4 is 29.1 Å². The van der Waals surface area contributed by atoms with Gasteiger partial charge in [-0.05, 0) is 18.2 Å². The average Bonchev–Trinajstić information content (AvgIpc) is 2.42. The molecule has 4 N–H and O–H groups in total. The molecule has 0 radical (unpaired) electrons. The first-order valence-corrected chi connectivity index (χ1v) is 6.93. The molecule has 0 aliphatic carbocycles. The van der Waals surface area contributed by atoms with E-state index in [0.29, 0.717) is 13.1 Å². The second kappa shape index (κ2) is 6.53. The molecule has 5 nitrogen and oxygen atoms in total. The third-order valence-electron chi connectivity index (χ3n) is 3.19. The lowest BCUT2D eigenvalue weighted by Gasteiger charge is -2.20. The third kappa shape index (κ3) is 4.11. The predicted molar refractivity (Wildman–Crippen MR) is 73.3 cm³/mol. The molecule has 1 aliphatic rings. The number of benzene rings is 1. The molecule has 120 valence electrons. The summed E-state index contributed by atoms with van der Waals surface area (Å²) in [5, 5.41) is 6.26. The van der Waals surface area contributed by atoms with Crippen LogP contribution in [0.3, 0.4) is 0 Å². The fourth-order valence-corrected chi connectivity index (χ4v) is 2.35. The number of hydrogen-bond donors (Lipinski definition) is 3. The summed E-state index contributed by atoms with van der Waals surface area (Å²) in [5.41, 5.74) is -1.04. The van der Waals surface area contributed by atoms with Gasteiger partial charge in [-0.3, -0.25) is 9.59 Å². The summed E-state index contributed by atoms with van der Waals surface area (Å²) in [4.78, 5) is 23.4. The van der Waals surface area contributed by atoms with Crippen molar-refractivity contribution < 1.29 is 28.1 Å². The number of piperazine rings is 1. The molecular weight excluding hydrogens is 323 g/mol. The molecule has 1 aromatic carbocycles. The fourth-order valence-electron chi connectivity index (χ4n) is 2.13. The van der Waals surface area contributed by atoms with Gasteiger partial charge < -0.3 is 16.0 Å². The lowest BCUT2D eigenvalue weighted by molar-refractivity contribution is -0.678. The Morgan fingerprint density at radius 3 is 2.82 bits per heavy atom. The van der Waals surface area contributed by atoms with Crippen LogP contribution in [-0.4, -0.2) is 30.9 Å². The van der Waals surface area contributed by atoms with Crippen molar-refractivity contribution in [1.29, 1.82) is 0 Å². The molecule has 2 rings (SSSR count). The fraction of sp³-hybridized carbons (Fsp3) is 0.385. The number of anilines is 1. The number of amides is 2. The predicted octanol–water partition coefficient (Wildman–Crippen LogP) is 0.749. The first-order chi connectivity index (χ1) is 10.3. The van der Waals surface area contributed by atoms with Crippen LogP contribution in [-0.2, 0) is 15.8 Å². The summed E-state index contributed by atoms with van der Waals surface area (Å²) < 4.78 is 38.2. The average molecular weight is 337 g/mol. The van der Waals surface area contributed by atoms with Gasteiger partial charge in [-0.2, -0.15) is 13.2 Å². The molecule has 1 heterocycles. The number of nitrogens with two attached hydrogens (primary N) is 1. The molecule has 0 spiro atoms. The van der Waals surface area contributed by atoms with Crippen LogP contribution in [0.1, 0.15) is 12.0 Å². The third-order valence-corrected chi connectivity index (χ3v) is 3.52. The molecule has 2 amide bonds. The highest BCUT2D eigenvalue weighted by molar-refractivity contribution is 6.31. The maximum absolute atomic E-state index is 12.7. The van der Waals surface area contributed by atoms with Gasteiger partial charge in [-0.25, -0.2) is 0 Å². The maximum atomic E-state index is 12.7. The number of nitrogens with one attached hydrogen (secondary N) is 2. The Balaban J connectivity index is 2.04. The van der Waals surface area contributed by atoms with Gasteiger partial charge in [0.25, 0.3) is 5.91 Å². The van der Waals surface area contributed by atoms with Crippen molar-refractivity contribution in [1.82, 2.24) is 5.32 Å². The summed E-state index contributed by atoms with van der Waals surface area (Å²) >= 11 is 5.50. The first kappa shape index (κ1) is 16.6. The number of carbonyl (C=O) groups is 2. The summed E-state index contributed by atoms with van der Waals surface area (Å²) in [5.74, 6) is -0.790. The van der Waals surface area contributed by atoms with Gasteiger partial charge in [0.15, 0.2) is 6.04 Å². The molecule has 1 aliphatic heterocycles. The Hall–Kier alpha value is -1.80. The van der Waals surface area contributed by atoms with E-state index in [1.807, 2.05) is 0 Å². The van der Waals surface area contributed by atoms with Crippen molar-refractivity contribution in [3.8, 4) is 0 Å². The number of hydrogen-bond acceptors (Lipinski definition) is 2. The van der Waals surface area contributed by atoms with Crippen molar-refractivity contribution in [3.05, 3.63) is 28.8 Å². The minimum absolute atomic E-state index is 0.0158. The van der Waals surface area contributed by atoms with Gasteiger partial charge in [0, 0.05) is 5.69 Å². The molecule has 1 atom stereocenters. The number of carbonyl (C=O) groups excluding carboxylic acids is 2. The highest BCUT2D eigenvalue weighted by Gasteiger charge is 2.33. The van der Waals surface area contributed by atoms with E-state index in [4.69, 9.17) is 11.6 Å². The molecule has 22 heavy (non-hydrogen) atoms. The van der Waals surface area contributed by atoms with Crippen LogP contribution >= 0.6 is 11.6 Å². The van der Waals surface area contributed by atoms with E-state index in [1.165, 1.54) is 6.07 Å². The van der Waals surface area contributed by atoms with Gasteiger partial charge in [-0.15, -0.1) is 0 Å². The molecule has 9 heteroatoms. The molecule has 0 saturated carbocycles. The molecule has 0 bridgehead atoms. The van der Waals surface area contributed by atoms with Crippen molar-refractivity contribution in [2.75, 3.05) is 18.4 Å². The monoisotopic (exact) mass is 336 g/mol. The first-order valence-electron chi connectivity index (χ1n) is 6.55. The zero-order chi connectivity index (χ0) is 16.3. The van der Waals surface area contributed by atoms with E-state index < -0.39 is 28.7 Å². The SMILES string of the molecule is O=C(C[C@H]1[NH2+]CCNC1=O)Nc1ccc(Cl)c(C(F)(F)F)c1. The van der Waals surface area contributed by atoms with Crippen molar-refractivity contribution in [3.63, 3.8) is 0 Å². The van der Waals surface area contributed by atoms with Crippen LogP contribution in [0.5, 0.6) is 0 Å². The summed E-state index contributed by atoms with van der Waals surface area (Å²) in [7, 11) is 0. The smallest absolute Gasteiger partial charge is 0.345 e. The van der Waals surface area contributed by atoms with Crippen molar-refractivity contribution in [2.24, 2.45) is 0 Å². The Bertz CT molecular complexity index is 592. The molecule has 1 fully saturated rings. The topological polar surface area (TPSA) is 74.8 Å². The highest BCUT2D eigenvalue weighted by Crippen LogP contribution is 2.36. The Kier molecular flexibility index (Phi) is 4.92. The lowest BCUT2D eigenvalue weighted by Crippen LogP contribution is -2.96. The van der Waals surface area contributed by atoms with Crippen LogP contribution in [0.15, 0.2) is 18.2 Å². The van der Waals surface area contributed by atoms with Gasteiger partial charge >= 0.3 is 6.18 Å². The van der Waals surface area contributed by atoms with E-state index >= 15 is 0 Å². The van der Waals surface area contributed by atoms with Crippen molar-refractivity contribution in [2.45, 2.75) is 18.6 Å². The van der Waals surface area contributed by atoms with Gasteiger partial charge in [0.05, 0.1) is 30.1 Å². The molecule has 1 aromatic rings. The molecule has 0 aromatic heterocycles. The van der Waals surface area contributed by atoms with Crippen LogP contribution in [0, 0.1) is 0 Å². The Morgan fingerprint density at radius 2 is 2.18 bits per heavy atom. The quantitative estimate of drug-likeness (QED) is 0.762. The summed E-state index contributed by atoms with van der Waals surface area (Å²) in [6.07, 6.45) is -4.72. The maximum Gasteiger partial charge on any atom is 0.417 e. The summed E-state index contributed by atoms with van der Waals surface area (Å²) in [6.45, 7) is 1.19. The van der Waals surface area contributed by atoms with Gasteiger partial charge in [0.2, 0.25) is 5.91 Å². The summed E-state index contributed by atoms with van der Waals surface area (Å²) in [6, 6.07) is 2.55. The normalized spacial score (nSPS) is 18.7. The number of halogens is 4. The largest absolute Gasteiger partial charge is 0.417 e. The van der Waals surface area contributed by atoms with E-state index in [1.54, 1.807) is 5.32 Å². The van der Waals surface area contributed by atoms with Crippen LogP contribution in [0.2, 0.25) is 5.02 Å². The van der Waals surface area contributed by atoms with Crippen LogP contribution < -0.4 is 16.0 Å². The van der Waals surface area contributed by atoms with Crippen LogP contribution in [0.25, 0.3) is 0 Å². The Labute approximate surface area is 129 Å². The minimum Gasteiger partial charge on any atom is -0.345 e. The lowest BCUT2D eigenvalue weighted by atomic mass is 10.1. The van der Waals surface area contributed by atoms with Gasteiger partial charge in [0.1, 0.15) is 0 Å².